The van der Waals surface area contributed by atoms with Crippen LogP contribution in [-0.4, -0.2) is 18.5 Å². The van der Waals surface area contributed by atoms with E-state index >= 15 is 0 Å². The van der Waals surface area contributed by atoms with Crippen molar-refractivity contribution in [1.82, 2.24) is 0 Å². The van der Waals surface area contributed by atoms with E-state index in [9.17, 15) is 13.6 Å². The quantitative estimate of drug-likeness (QED) is 0.774. The van der Waals surface area contributed by atoms with Crippen molar-refractivity contribution in [2.45, 2.75) is 39.0 Å². The highest BCUT2D eigenvalue weighted by molar-refractivity contribution is 5.81. The minimum atomic E-state index is -3.60. The van der Waals surface area contributed by atoms with Crippen LogP contribution < -0.4 is 0 Å². The predicted octanol–water partition coefficient (Wildman–Crippen LogP) is 4.20. The van der Waals surface area contributed by atoms with E-state index < -0.39 is 11.9 Å². The zero-order valence-electron chi connectivity index (χ0n) is 12.2. The van der Waals surface area contributed by atoms with E-state index in [-0.39, 0.29) is 12.0 Å². The Kier molecular flexibility index (Phi) is 5.03. The SMILES string of the molecule is CCOC(=O)C(F)(F)/C=C/c1ccc(C(C)(C)C)cc1. The lowest BCUT2D eigenvalue weighted by Crippen LogP contribution is -2.28. The minimum absolute atomic E-state index is 0.0110. The lowest BCUT2D eigenvalue weighted by atomic mass is 9.87. The smallest absolute Gasteiger partial charge is 0.381 e. The van der Waals surface area contributed by atoms with Crippen LogP contribution in [0.25, 0.3) is 6.08 Å². The number of carbonyl (C=O) groups excluding carboxylic acids is 1. The summed E-state index contributed by atoms with van der Waals surface area (Å²) in [6, 6.07) is 7.28. The summed E-state index contributed by atoms with van der Waals surface area (Å²) < 4.78 is 31.1. The number of rotatable bonds is 4. The summed E-state index contributed by atoms with van der Waals surface area (Å²) in [5.41, 5.74) is 1.74. The molecule has 0 heterocycles. The van der Waals surface area contributed by atoms with Crippen molar-refractivity contribution >= 4 is 12.0 Å². The van der Waals surface area contributed by atoms with Crippen molar-refractivity contribution in [2.24, 2.45) is 0 Å². The van der Waals surface area contributed by atoms with E-state index in [1.807, 2.05) is 12.1 Å². The summed E-state index contributed by atoms with van der Waals surface area (Å²) in [7, 11) is 0. The molecule has 0 saturated heterocycles. The molecule has 0 aliphatic heterocycles. The van der Waals surface area contributed by atoms with Gasteiger partial charge in [0.2, 0.25) is 0 Å². The highest BCUT2D eigenvalue weighted by Crippen LogP contribution is 2.23. The monoisotopic (exact) mass is 282 g/mol. The van der Waals surface area contributed by atoms with Gasteiger partial charge < -0.3 is 4.74 Å². The largest absolute Gasteiger partial charge is 0.461 e. The van der Waals surface area contributed by atoms with Gasteiger partial charge in [-0.15, -0.1) is 0 Å². The second kappa shape index (κ2) is 6.16. The van der Waals surface area contributed by atoms with E-state index in [0.29, 0.717) is 11.6 Å². The zero-order valence-corrected chi connectivity index (χ0v) is 12.2. The molecule has 20 heavy (non-hydrogen) atoms. The number of benzene rings is 1. The summed E-state index contributed by atoms with van der Waals surface area (Å²) in [4.78, 5) is 11.0. The van der Waals surface area contributed by atoms with Gasteiger partial charge in [0.05, 0.1) is 6.61 Å². The number of ether oxygens (including phenoxy) is 1. The average molecular weight is 282 g/mol. The van der Waals surface area contributed by atoms with Crippen LogP contribution in [0.15, 0.2) is 30.3 Å². The molecule has 0 saturated carbocycles. The number of hydrogen-bond acceptors (Lipinski definition) is 2. The Bertz CT molecular complexity index is 482. The molecular formula is C16H20F2O2. The molecular weight excluding hydrogens is 262 g/mol. The molecule has 2 nitrogen and oxygen atoms in total. The fourth-order valence-corrected chi connectivity index (χ4v) is 1.59. The van der Waals surface area contributed by atoms with Gasteiger partial charge in [-0.05, 0) is 29.5 Å². The maximum Gasteiger partial charge on any atom is 0.381 e. The molecule has 110 valence electrons. The van der Waals surface area contributed by atoms with Crippen LogP contribution >= 0.6 is 0 Å². The van der Waals surface area contributed by atoms with Crippen LogP contribution in [0.3, 0.4) is 0 Å². The molecule has 0 unspecified atom stereocenters. The van der Waals surface area contributed by atoms with E-state index in [1.54, 1.807) is 12.1 Å². The van der Waals surface area contributed by atoms with Crippen molar-refractivity contribution in [2.75, 3.05) is 6.61 Å². The molecule has 0 fully saturated rings. The fourth-order valence-electron chi connectivity index (χ4n) is 1.59. The zero-order chi connectivity index (χ0) is 15.4. The Morgan fingerprint density at radius 3 is 2.20 bits per heavy atom. The summed E-state index contributed by atoms with van der Waals surface area (Å²) in [6.07, 6.45) is 1.79. The number of alkyl halides is 2. The third-order valence-corrected chi connectivity index (χ3v) is 2.81. The molecule has 1 rings (SSSR count). The molecule has 4 heteroatoms. The van der Waals surface area contributed by atoms with E-state index in [2.05, 4.69) is 25.5 Å². The first-order valence-electron chi connectivity index (χ1n) is 6.51. The fraction of sp³-hybridized carbons (Fsp3) is 0.438. The Labute approximate surface area is 118 Å². The Morgan fingerprint density at radius 1 is 1.20 bits per heavy atom. The Hall–Kier alpha value is -1.71. The Balaban J connectivity index is 2.83. The van der Waals surface area contributed by atoms with Gasteiger partial charge in [0, 0.05) is 0 Å². The predicted molar refractivity (Wildman–Crippen MR) is 75.8 cm³/mol. The molecule has 0 bridgehead atoms. The van der Waals surface area contributed by atoms with Crippen LogP contribution in [0.4, 0.5) is 8.78 Å². The van der Waals surface area contributed by atoms with Gasteiger partial charge in [-0.3, -0.25) is 0 Å². The van der Waals surface area contributed by atoms with E-state index in [0.717, 1.165) is 5.56 Å². The molecule has 0 aliphatic rings. The highest BCUT2D eigenvalue weighted by Gasteiger charge is 2.37. The lowest BCUT2D eigenvalue weighted by molar-refractivity contribution is -0.164. The van der Waals surface area contributed by atoms with Gasteiger partial charge in [0.25, 0.3) is 0 Å². The number of halogens is 2. The van der Waals surface area contributed by atoms with Gasteiger partial charge in [-0.1, -0.05) is 51.1 Å². The first-order valence-corrected chi connectivity index (χ1v) is 6.51. The van der Waals surface area contributed by atoms with Crippen molar-refractivity contribution in [3.63, 3.8) is 0 Å². The molecule has 0 spiro atoms. The summed E-state index contributed by atoms with van der Waals surface area (Å²) >= 11 is 0. The molecule has 0 atom stereocenters. The van der Waals surface area contributed by atoms with Crippen molar-refractivity contribution in [3.05, 3.63) is 41.5 Å². The summed E-state index contributed by atoms with van der Waals surface area (Å²) in [5.74, 6) is -5.12. The average Bonchev–Trinajstić information content (AvgIpc) is 2.36. The van der Waals surface area contributed by atoms with Crippen molar-refractivity contribution < 1.29 is 18.3 Å². The molecule has 0 aromatic heterocycles. The van der Waals surface area contributed by atoms with Crippen molar-refractivity contribution in [1.29, 1.82) is 0 Å². The maximum atomic E-state index is 13.4. The van der Waals surface area contributed by atoms with Gasteiger partial charge in [-0.25, -0.2) is 4.79 Å². The lowest BCUT2D eigenvalue weighted by Gasteiger charge is -2.18. The minimum Gasteiger partial charge on any atom is -0.461 e. The van der Waals surface area contributed by atoms with Gasteiger partial charge in [-0.2, -0.15) is 8.78 Å². The number of esters is 1. The third-order valence-electron chi connectivity index (χ3n) is 2.81. The first kappa shape index (κ1) is 16.3. The topological polar surface area (TPSA) is 26.3 Å². The Morgan fingerprint density at radius 2 is 1.75 bits per heavy atom. The third kappa shape index (κ3) is 4.44. The molecule has 0 N–H and O–H groups in total. The van der Waals surface area contributed by atoms with Crippen LogP contribution in [0.1, 0.15) is 38.8 Å². The van der Waals surface area contributed by atoms with Crippen LogP contribution in [0.5, 0.6) is 0 Å². The maximum absolute atomic E-state index is 13.4. The van der Waals surface area contributed by atoms with E-state index in [1.165, 1.54) is 13.0 Å². The first-order chi connectivity index (χ1) is 9.16. The highest BCUT2D eigenvalue weighted by atomic mass is 19.3. The molecule has 1 aromatic rings. The number of carbonyl (C=O) groups is 1. The standard InChI is InChI=1S/C16H20F2O2/c1-5-20-14(19)16(17,18)11-10-12-6-8-13(9-7-12)15(2,3)4/h6-11H,5H2,1-4H3/b11-10+. The summed E-state index contributed by atoms with van der Waals surface area (Å²) in [6.45, 7) is 7.65. The van der Waals surface area contributed by atoms with Gasteiger partial charge in [0.15, 0.2) is 0 Å². The normalized spacial score (nSPS) is 12.7. The molecule has 0 amide bonds. The number of hydrogen-bond donors (Lipinski definition) is 0. The second-order valence-electron chi connectivity index (χ2n) is 5.55. The molecule has 1 aromatic carbocycles. The van der Waals surface area contributed by atoms with Crippen molar-refractivity contribution in [3.8, 4) is 0 Å². The van der Waals surface area contributed by atoms with Crippen LogP contribution in [0, 0.1) is 0 Å². The van der Waals surface area contributed by atoms with Crippen LogP contribution in [-0.2, 0) is 14.9 Å². The van der Waals surface area contributed by atoms with Gasteiger partial charge >= 0.3 is 11.9 Å². The van der Waals surface area contributed by atoms with Gasteiger partial charge in [0.1, 0.15) is 0 Å². The molecule has 0 radical (unpaired) electrons. The second-order valence-corrected chi connectivity index (χ2v) is 5.55. The summed E-state index contributed by atoms with van der Waals surface area (Å²) in [5, 5.41) is 0. The molecule has 0 aliphatic carbocycles. The van der Waals surface area contributed by atoms with Crippen LogP contribution in [0.2, 0.25) is 0 Å². The van der Waals surface area contributed by atoms with E-state index in [4.69, 9.17) is 0 Å².